The molecule has 2 rings (SSSR count). The van der Waals surface area contributed by atoms with E-state index < -0.39 is 24.2 Å². The highest BCUT2D eigenvalue weighted by Crippen LogP contribution is 2.41. The maximum absolute atomic E-state index is 13.4. The van der Waals surface area contributed by atoms with E-state index in [4.69, 9.17) is 0 Å². The quantitative estimate of drug-likeness (QED) is 0.767. The van der Waals surface area contributed by atoms with Crippen molar-refractivity contribution in [1.82, 2.24) is 5.01 Å². The van der Waals surface area contributed by atoms with Crippen LogP contribution < -0.4 is 0 Å². The first kappa shape index (κ1) is 19.4. The van der Waals surface area contributed by atoms with Crippen LogP contribution in [0, 0.1) is 6.92 Å². The van der Waals surface area contributed by atoms with Gasteiger partial charge in [-0.3, -0.25) is 4.79 Å². The van der Waals surface area contributed by atoms with Crippen molar-refractivity contribution < 1.29 is 23.1 Å². The molecule has 1 aromatic rings. The summed E-state index contributed by atoms with van der Waals surface area (Å²) >= 11 is 0. The molecule has 0 saturated heterocycles. The van der Waals surface area contributed by atoms with Crippen LogP contribution in [0.2, 0.25) is 0 Å². The number of carbonyl (C=O) groups is 1. The molecule has 1 aliphatic heterocycles. The average Bonchev–Trinajstić information content (AvgIpc) is 2.89. The summed E-state index contributed by atoms with van der Waals surface area (Å²) in [6.45, 7) is 3.85. The van der Waals surface area contributed by atoms with Crippen LogP contribution in [0.5, 0.6) is 0 Å². The van der Waals surface area contributed by atoms with Crippen LogP contribution in [0.15, 0.2) is 29.4 Å². The zero-order valence-electron chi connectivity index (χ0n) is 14.4. The van der Waals surface area contributed by atoms with Gasteiger partial charge in [-0.1, -0.05) is 43.9 Å². The van der Waals surface area contributed by atoms with E-state index in [1.54, 1.807) is 12.1 Å². The minimum absolute atomic E-state index is 0.0595. The van der Waals surface area contributed by atoms with Crippen LogP contribution in [0.3, 0.4) is 0 Å². The SMILES string of the molecule is CCCCCCC1=NN(C(=O)c2ccc(C)cc2)C(O)(C(F)(F)F)C1. The predicted molar refractivity (Wildman–Crippen MR) is 89.2 cm³/mol. The van der Waals surface area contributed by atoms with Crippen molar-refractivity contribution in [3.8, 4) is 0 Å². The number of hydrogen-bond acceptors (Lipinski definition) is 3. The summed E-state index contributed by atoms with van der Waals surface area (Å²) in [5.74, 6) is -0.955. The van der Waals surface area contributed by atoms with E-state index in [0.717, 1.165) is 24.8 Å². The largest absolute Gasteiger partial charge is 0.438 e. The first-order chi connectivity index (χ1) is 11.7. The normalized spacial score (nSPS) is 20.7. The van der Waals surface area contributed by atoms with Gasteiger partial charge in [0.05, 0.1) is 0 Å². The highest BCUT2D eigenvalue weighted by atomic mass is 19.4. The lowest BCUT2D eigenvalue weighted by molar-refractivity contribution is -0.297. The third-order valence-corrected chi connectivity index (χ3v) is 4.31. The summed E-state index contributed by atoms with van der Waals surface area (Å²) in [4.78, 5) is 12.5. The van der Waals surface area contributed by atoms with Gasteiger partial charge in [-0.25, -0.2) is 0 Å². The molecular weight excluding hydrogens is 333 g/mol. The molecule has 0 aromatic heterocycles. The molecule has 1 aromatic carbocycles. The first-order valence-electron chi connectivity index (χ1n) is 8.45. The maximum atomic E-state index is 13.4. The summed E-state index contributed by atoms with van der Waals surface area (Å²) in [7, 11) is 0. The van der Waals surface area contributed by atoms with Crippen molar-refractivity contribution >= 4 is 11.6 Å². The Hall–Kier alpha value is -1.89. The number of aryl methyl sites for hydroxylation is 1. The molecule has 1 unspecified atom stereocenters. The third kappa shape index (κ3) is 4.21. The van der Waals surface area contributed by atoms with Crippen LogP contribution in [-0.2, 0) is 0 Å². The second-order valence-corrected chi connectivity index (χ2v) is 6.45. The highest BCUT2D eigenvalue weighted by Gasteiger charge is 2.63. The molecule has 1 N–H and O–H groups in total. The van der Waals surface area contributed by atoms with Crippen LogP contribution in [0.4, 0.5) is 13.2 Å². The zero-order valence-corrected chi connectivity index (χ0v) is 14.4. The minimum atomic E-state index is -4.98. The lowest BCUT2D eigenvalue weighted by atomic mass is 10.0. The fourth-order valence-electron chi connectivity index (χ4n) is 2.77. The molecule has 1 amide bonds. The van der Waals surface area contributed by atoms with Crippen LogP contribution in [-0.4, -0.2) is 33.6 Å². The number of alkyl halides is 3. The molecule has 1 heterocycles. The Bertz CT molecular complexity index is 641. The van der Waals surface area contributed by atoms with Crippen LogP contribution in [0.25, 0.3) is 0 Å². The second kappa shape index (κ2) is 7.56. The van der Waals surface area contributed by atoms with Crippen molar-refractivity contribution in [2.24, 2.45) is 5.10 Å². The summed E-state index contributed by atoms with van der Waals surface area (Å²) in [6, 6.07) is 6.13. The van der Waals surface area contributed by atoms with E-state index >= 15 is 0 Å². The molecular formula is C18H23F3N2O2. The smallest absolute Gasteiger partial charge is 0.362 e. The monoisotopic (exact) mass is 356 g/mol. The summed E-state index contributed by atoms with van der Waals surface area (Å²) < 4.78 is 40.3. The van der Waals surface area contributed by atoms with Gasteiger partial charge >= 0.3 is 6.18 Å². The summed E-state index contributed by atoms with van der Waals surface area (Å²) in [5, 5.41) is 14.2. The molecule has 0 fully saturated rings. The van der Waals surface area contributed by atoms with E-state index in [9.17, 15) is 23.1 Å². The number of unbranched alkanes of at least 4 members (excludes halogenated alkanes) is 3. The summed E-state index contributed by atoms with van der Waals surface area (Å²) in [5.41, 5.74) is -2.14. The molecule has 1 aliphatic rings. The van der Waals surface area contributed by atoms with Gasteiger partial charge in [-0.05, 0) is 31.9 Å². The molecule has 7 heteroatoms. The maximum Gasteiger partial charge on any atom is 0.438 e. The Balaban J connectivity index is 2.24. The number of carbonyl (C=O) groups excluding carboxylic acids is 1. The van der Waals surface area contributed by atoms with Gasteiger partial charge in [0.25, 0.3) is 11.6 Å². The number of nitrogens with zero attached hydrogens (tertiary/aromatic N) is 2. The molecule has 0 aliphatic carbocycles. The fraction of sp³-hybridized carbons (Fsp3) is 0.556. The van der Waals surface area contributed by atoms with E-state index in [2.05, 4.69) is 5.10 Å². The third-order valence-electron chi connectivity index (χ3n) is 4.31. The van der Waals surface area contributed by atoms with Gasteiger partial charge in [0.15, 0.2) is 0 Å². The topological polar surface area (TPSA) is 52.9 Å². The molecule has 138 valence electrons. The minimum Gasteiger partial charge on any atom is -0.362 e. The molecule has 25 heavy (non-hydrogen) atoms. The number of rotatable bonds is 6. The number of aliphatic hydroxyl groups is 1. The van der Waals surface area contributed by atoms with Crippen molar-refractivity contribution in [2.75, 3.05) is 0 Å². The first-order valence-corrected chi connectivity index (χ1v) is 8.45. The number of hydrazone groups is 1. The number of hydrogen-bond donors (Lipinski definition) is 1. The Morgan fingerprint density at radius 1 is 1.24 bits per heavy atom. The molecule has 0 bridgehead atoms. The van der Waals surface area contributed by atoms with Crippen LogP contribution in [0.1, 0.15) is 61.4 Å². The van der Waals surface area contributed by atoms with E-state index in [1.807, 2.05) is 13.8 Å². The summed E-state index contributed by atoms with van der Waals surface area (Å²) in [6.07, 6.45) is -1.77. The van der Waals surface area contributed by atoms with Crippen molar-refractivity contribution in [3.05, 3.63) is 35.4 Å². The molecule has 4 nitrogen and oxygen atoms in total. The Morgan fingerprint density at radius 3 is 2.44 bits per heavy atom. The van der Waals surface area contributed by atoms with Gasteiger partial charge < -0.3 is 5.11 Å². The van der Waals surface area contributed by atoms with Gasteiger partial charge in [0.2, 0.25) is 0 Å². The molecule has 1 atom stereocenters. The fourth-order valence-corrected chi connectivity index (χ4v) is 2.77. The van der Waals surface area contributed by atoms with Gasteiger partial charge in [0, 0.05) is 17.7 Å². The van der Waals surface area contributed by atoms with Gasteiger partial charge in [-0.2, -0.15) is 23.3 Å². The predicted octanol–water partition coefficient (Wildman–Crippen LogP) is 4.42. The van der Waals surface area contributed by atoms with Crippen molar-refractivity contribution in [3.63, 3.8) is 0 Å². The van der Waals surface area contributed by atoms with E-state index in [-0.39, 0.29) is 16.3 Å². The lowest BCUT2D eigenvalue weighted by Gasteiger charge is -2.32. The molecule has 0 saturated carbocycles. The highest BCUT2D eigenvalue weighted by molar-refractivity contribution is 5.98. The van der Waals surface area contributed by atoms with Gasteiger partial charge in [-0.15, -0.1) is 0 Å². The Morgan fingerprint density at radius 2 is 1.88 bits per heavy atom. The Labute approximate surface area is 145 Å². The standard InChI is InChI=1S/C18H23F3N2O2/c1-3-4-5-6-7-15-12-17(25,18(19,20)21)23(22-15)16(24)14-10-8-13(2)9-11-14/h8-11,25H,3-7,12H2,1-2H3. The number of halogens is 3. The van der Waals surface area contributed by atoms with Crippen molar-refractivity contribution in [2.45, 2.75) is 64.3 Å². The Kier molecular flexibility index (Phi) is 5.87. The number of benzene rings is 1. The molecule has 0 radical (unpaired) electrons. The average molecular weight is 356 g/mol. The molecule has 0 spiro atoms. The van der Waals surface area contributed by atoms with Gasteiger partial charge in [0.1, 0.15) is 0 Å². The van der Waals surface area contributed by atoms with E-state index in [1.165, 1.54) is 12.1 Å². The number of amides is 1. The van der Waals surface area contributed by atoms with Crippen LogP contribution >= 0.6 is 0 Å². The lowest BCUT2D eigenvalue weighted by Crippen LogP contribution is -2.56. The van der Waals surface area contributed by atoms with E-state index in [0.29, 0.717) is 12.8 Å². The second-order valence-electron chi connectivity index (χ2n) is 6.45. The van der Waals surface area contributed by atoms with Crippen molar-refractivity contribution in [1.29, 1.82) is 0 Å². The zero-order chi connectivity index (χ0) is 18.7.